The van der Waals surface area contributed by atoms with Gasteiger partial charge in [0.25, 0.3) is 0 Å². The number of anilines is 2. The standard InChI is InChI=1S/C23H23ClN2O5S/c1-5-31-22(27)20-19(14-9-10-17(29-3)18(11-14)30-4)13(2)32-21(20)26-23(28)25-16-8-6-7-15(24)12-16/h6-12H,5H2,1-4H3,(H2,25,26,28). The Morgan fingerprint density at radius 1 is 1.03 bits per heavy atom. The Hall–Kier alpha value is -3.23. The van der Waals surface area contributed by atoms with Crippen molar-refractivity contribution in [2.75, 3.05) is 31.5 Å². The summed E-state index contributed by atoms with van der Waals surface area (Å²) in [6.45, 7) is 3.80. The lowest BCUT2D eigenvalue weighted by molar-refractivity contribution is 0.0529. The summed E-state index contributed by atoms with van der Waals surface area (Å²) in [4.78, 5) is 26.3. The third-order valence-corrected chi connectivity index (χ3v) is 5.80. The Bertz CT molecular complexity index is 1150. The normalized spacial score (nSPS) is 10.4. The predicted octanol–water partition coefficient (Wildman–Crippen LogP) is 6.21. The van der Waals surface area contributed by atoms with E-state index in [2.05, 4.69) is 10.6 Å². The minimum absolute atomic E-state index is 0.202. The first-order valence-corrected chi connectivity index (χ1v) is 10.9. The van der Waals surface area contributed by atoms with E-state index >= 15 is 0 Å². The van der Waals surface area contributed by atoms with Crippen molar-refractivity contribution in [1.29, 1.82) is 0 Å². The van der Waals surface area contributed by atoms with E-state index in [0.717, 1.165) is 10.4 Å². The molecule has 0 spiro atoms. The van der Waals surface area contributed by atoms with Gasteiger partial charge in [0.1, 0.15) is 10.6 Å². The van der Waals surface area contributed by atoms with Gasteiger partial charge >= 0.3 is 12.0 Å². The number of nitrogens with one attached hydrogen (secondary N) is 2. The summed E-state index contributed by atoms with van der Waals surface area (Å²) in [5.74, 6) is 0.569. The van der Waals surface area contributed by atoms with E-state index in [0.29, 0.717) is 32.8 Å². The fourth-order valence-electron chi connectivity index (χ4n) is 3.20. The second-order valence-electron chi connectivity index (χ2n) is 6.62. The van der Waals surface area contributed by atoms with Crippen molar-refractivity contribution in [1.82, 2.24) is 0 Å². The number of methoxy groups -OCH3 is 2. The number of hydrogen-bond acceptors (Lipinski definition) is 6. The molecule has 2 aromatic carbocycles. The van der Waals surface area contributed by atoms with Gasteiger partial charge in [0.15, 0.2) is 11.5 Å². The van der Waals surface area contributed by atoms with E-state index < -0.39 is 12.0 Å². The number of carbonyl (C=O) groups is 2. The largest absolute Gasteiger partial charge is 0.493 e. The van der Waals surface area contributed by atoms with Crippen LogP contribution in [-0.4, -0.2) is 32.8 Å². The lowest BCUT2D eigenvalue weighted by atomic mass is 10.0. The summed E-state index contributed by atoms with van der Waals surface area (Å²) in [7, 11) is 3.10. The first kappa shape index (κ1) is 23.4. The van der Waals surface area contributed by atoms with Gasteiger partial charge in [0.05, 0.1) is 20.8 Å². The molecule has 1 heterocycles. The number of esters is 1. The van der Waals surface area contributed by atoms with Crippen molar-refractivity contribution < 1.29 is 23.8 Å². The Morgan fingerprint density at radius 2 is 1.78 bits per heavy atom. The summed E-state index contributed by atoms with van der Waals surface area (Å²) in [5, 5.41) is 6.36. The van der Waals surface area contributed by atoms with Crippen molar-refractivity contribution in [3.8, 4) is 22.6 Å². The summed E-state index contributed by atoms with van der Waals surface area (Å²) < 4.78 is 16.0. The number of hydrogen-bond donors (Lipinski definition) is 2. The number of carbonyl (C=O) groups excluding carboxylic acids is 2. The zero-order chi connectivity index (χ0) is 23.3. The highest BCUT2D eigenvalue weighted by molar-refractivity contribution is 7.17. The molecule has 0 bridgehead atoms. The van der Waals surface area contributed by atoms with Crippen LogP contribution in [0.5, 0.6) is 11.5 Å². The number of ether oxygens (including phenoxy) is 3. The van der Waals surface area contributed by atoms with Crippen LogP contribution in [0, 0.1) is 6.92 Å². The molecule has 3 rings (SSSR count). The molecule has 2 amide bonds. The number of halogens is 1. The zero-order valence-electron chi connectivity index (χ0n) is 18.1. The van der Waals surface area contributed by atoms with Crippen LogP contribution >= 0.6 is 22.9 Å². The molecule has 0 aliphatic rings. The molecule has 0 radical (unpaired) electrons. The first-order chi connectivity index (χ1) is 15.4. The molecular weight excluding hydrogens is 452 g/mol. The second-order valence-corrected chi connectivity index (χ2v) is 8.28. The monoisotopic (exact) mass is 474 g/mol. The molecule has 1 aromatic heterocycles. The molecule has 3 aromatic rings. The molecule has 9 heteroatoms. The highest BCUT2D eigenvalue weighted by Crippen LogP contribution is 2.42. The van der Waals surface area contributed by atoms with E-state index in [1.54, 1.807) is 57.5 Å². The van der Waals surface area contributed by atoms with Gasteiger partial charge in [-0.1, -0.05) is 23.7 Å². The van der Waals surface area contributed by atoms with Crippen molar-refractivity contribution >= 4 is 45.6 Å². The number of aryl methyl sites for hydroxylation is 1. The van der Waals surface area contributed by atoms with Crippen molar-refractivity contribution in [3.05, 3.63) is 57.9 Å². The van der Waals surface area contributed by atoms with Crippen LogP contribution in [0.3, 0.4) is 0 Å². The second kappa shape index (κ2) is 10.4. The summed E-state index contributed by atoms with van der Waals surface area (Å²) >= 11 is 7.26. The smallest absolute Gasteiger partial charge is 0.341 e. The number of amides is 2. The van der Waals surface area contributed by atoms with Crippen LogP contribution < -0.4 is 20.1 Å². The Labute approximate surface area is 195 Å². The number of thiophene rings is 1. The van der Waals surface area contributed by atoms with Gasteiger partial charge in [-0.2, -0.15) is 0 Å². The van der Waals surface area contributed by atoms with Gasteiger partial charge in [-0.25, -0.2) is 9.59 Å². The number of benzene rings is 2. The molecule has 0 aliphatic heterocycles. The molecule has 0 fully saturated rings. The third kappa shape index (κ3) is 5.15. The molecule has 7 nitrogen and oxygen atoms in total. The van der Waals surface area contributed by atoms with Crippen LogP contribution in [0.25, 0.3) is 11.1 Å². The lowest BCUT2D eigenvalue weighted by Crippen LogP contribution is -2.20. The minimum atomic E-state index is -0.528. The summed E-state index contributed by atoms with van der Waals surface area (Å²) in [5.41, 5.74) is 2.21. The van der Waals surface area contributed by atoms with Crippen molar-refractivity contribution in [2.24, 2.45) is 0 Å². The van der Waals surface area contributed by atoms with Gasteiger partial charge in [0, 0.05) is 21.2 Å². The highest BCUT2D eigenvalue weighted by Gasteiger charge is 2.26. The fraction of sp³-hybridized carbons (Fsp3) is 0.217. The lowest BCUT2D eigenvalue weighted by Gasteiger charge is -2.12. The quantitative estimate of drug-likeness (QED) is 0.397. The maximum absolute atomic E-state index is 12.9. The highest BCUT2D eigenvalue weighted by atomic mass is 35.5. The average molecular weight is 475 g/mol. The van der Waals surface area contributed by atoms with Crippen LogP contribution in [0.4, 0.5) is 15.5 Å². The zero-order valence-corrected chi connectivity index (χ0v) is 19.6. The van der Waals surface area contributed by atoms with Crippen molar-refractivity contribution in [2.45, 2.75) is 13.8 Å². The minimum Gasteiger partial charge on any atom is -0.493 e. The third-order valence-electron chi connectivity index (χ3n) is 4.55. The average Bonchev–Trinajstić information content (AvgIpc) is 3.08. The van der Waals surface area contributed by atoms with Gasteiger partial charge in [-0.3, -0.25) is 5.32 Å². The Kier molecular flexibility index (Phi) is 7.61. The van der Waals surface area contributed by atoms with Crippen LogP contribution in [-0.2, 0) is 4.74 Å². The van der Waals surface area contributed by atoms with E-state index in [9.17, 15) is 9.59 Å². The molecule has 0 saturated heterocycles. The van der Waals surface area contributed by atoms with Crippen molar-refractivity contribution in [3.63, 3.8) is 0 Å². The molecule has 0 atom stereocenters. The Morgan fingerprint density at radius 3 is 2.44 bits per heavy atom. The maximum atomic E-state index is 12.9. The predicted molar refractivity (Wildman–Crippen MR) is 128 cm³/mol. The summed E-state index contributed by atoms with van der Waals surface area (Å²) in [6.07, 6.45) is 0. The number of urea groups is 1. The first-order valence-electron chi connectivity index (χ1n) is 9.74. The molecule has 0 aliphatic carbocycles. The summed E-state index contributed by atoms with van der Waals surface area (Å²) in [6, 6.07) is 11.7. The molecule has 32 heavy (non-hydrogen) atoms. The van der Waals surface area contributed by atoms with E-state index in [-0.39, 0.29) is 12.2 Å². The fourth-order valence-corrected chi connectivity index (χ4v) is 4.45. The van der Waals surface area contributed by atoms with Crippen LogP contribution in [0.2, 0.25) is 5.02 Å². The van der Waals surface area contributed by atoms with E-state index in [1.165, 1.54) is 11.3 Å². The molecule has 0 saturated carbocycles. The van der Waals surface area contributed by atoms with Crippen LogP contribution in [0.1, 0.15) is 22.2 Å². The number of rotatable bonds is 7. The van der Waals surface area contributed by atoms with Gasteiger partial charge < -0.3 is 19.5 Å². The van der Waals surface area contributed by atoms with Gasteiger partial charge in [-0.05, 0) is 49.7 Å². The van der Waals surface area contributed by atoms with Crippen LogP contribution in [0.15, 0.2) is 42.5 Å². The molecule has 168 valence electrons. The maximum Gasteiger partial charge on any atom is 0.341 e. The molecule has 2 N–H and O–H groups in total. The van der Waals surface area contributed by atoms with Gasteiger partial charge in [0.2, 0.25) is 0 Å². The molecular formula is C23H23ClN2O5S. The SMILES string of the molecule is CCOC(=O)c1c(NC(=O)Nc2cccc(Cl)c2)sc(C)c1-c1ccc(OC)c(OC)c1. The van der Waals surface area contributed by atoms with E-state index in [1.807, 2.05) is 13.0 Å². The van der Waals surface area contributed by atoms with E-state index in [4.69, 9.17) is 25.8 Å². The topological polar surface area (TPSA) is 85.9 Å². The molecule has 0 unspecified atom stereocenters. The Balaban J connectivity index is 2.00. The van der Waals surface area contributed by atoms with Gasteiger partial charge in [-0.15, -0.1) is 11.3 Å².